The van der Waals surface area contributed by atoms with Crippen LogP contribution < -0.4 is 0 Å². The van der Waals surface area contributed by atoms with Crippen LogP contribution in [0.15, 0.2) is 10.9 Å². The molecule has 1 radical (unpaired) electrons. The number of aromatic nitrogens is 2. The molecule has 0 amide bonds. The summed E-state index contributed by atoms with van der Waals surface area (Å²) >= 11 is 3.21. The van der Waals surface area contributed by atoms with E-state index in [0.29, 0.717) is 0 Å². The lowest BCUT2D eigenvalue weighted by atomic mass is 10.4. The minimum Gasteiger partial charge on any atom is -0.234 e. The van der Waals surface area contributed by atoms with Crippen LogP contribution in [-0.2, 0) is 0 Å². The van der Waals surface area contributed by atoms with Crippen LogP contribution in [0.25, 0.3) is 0 Å². The third kappa shape index (κ3) is 1.04. The molecular formula is C5H4BrN2. The van der Waals surface area contributed by atoms with Gasteiger partial charge in [-0.2, -0.15) is 0 Å². The molecule has 3 heteroatoms. The summed E-state index contributed by atoms with van der Waals surface area (Å²) in [5.74, 6) is 0. The van der Waals surface area contributed by atoms with Crippen LogP contribution in [0.1, 0.15) is 5.56 Å². The van der Waals surface area contributed by atoms with E-state index < -0.39 is 0 Å². The van der Waals surface area contributed by atoms with Gasteiger partial charge < -0.3 is 0 Å². The van der Waals surface area contributed by atoms with Gasteiger partial charge in [0.2, 0.25) is 0 Å². The van der Waals surface area contributed by atoms with Gasteiger partial charge in [-0.15, -0.1) is 0 Å². The van der Waals surface area contributed by atoms with E-state index >= 15 is 0 Å². The van der Waals surface area contributed by atoms with Crippen molar-refractivity contribution in [1.29, 1.82) is 0 Å². The van der Waals surface area contributed by atoms with Crippen LogP contribution in [0.4, 0.5) is 0 Å². The normalized spacial score (nSPS) is 9.25. The summed E-state index contributed by atoms with van der Waals surface area (Å²) in [5.41, 5.74) is 0.938. The molecular weight excluding hydrogens is 168 g/mol. The molecule has 0 aliphatic carbocycles. The third-order valence-corrected chi connectivity index (χ3v) is 1.57. The van der Waals surface area contributed by atoms with Gasteiger partial charge >= 0.3 is 0 Å². The molecule has 0 N–H and O–H groups in total. The zero-order chi connectivity index (χ0) is 5.98. The lowest BCUT2D eigenvalue weighted by Crippen LogP contribution is -1.81. The molecule has 0 saturated carbocycles. The van der Waals surface area contributed by atoms with Crippen LogP contribution in [0, 0.1) is 13.1 Å². The monoisotopic (exact) mass is 171 g/mol. The average Bonchev–Trinajstić information content (AvgIpc) is 1.77. The number of hydrogen-bond acceptors (Lipinski definition) is 2. The summed E-state index contributed by atoms with van der Waals surface area (Å²) < 4.78 is 0.813. The first-order chi connectivity index (χ1) is 3.80. The Morgan fingerprint density at radius 1 is 1.75 bits per heavy atom. The van der Waals surface area contributed by atoms with E-state index in [0.717, 1.165) is 10.2 Å². The second kappa shape index (κ2) is 2.22. The van der Waals surface area contributed by atoms with Gasteiger partial charge in [0.1, 0.15) is 10.9 Å². The molecule has 8 heavy (non-hydrogen) atoms. The Morgan fingerprint density at radius 3 is 2.88 bits per heavy atom. The number of halogens is 1. The van der Waals surface area contributed by atoms with Crippen molar-refractivity contribution in [3.8, 4) is 0 Å². The van der Waals surface area contributed by atoms with Crippen molar-refractivity contribution in [2.45, 2.75) is 6.92 Å². The van der Waals surface area contributed by atoms with E-state index in [9.17, 15) is 0 Å². The highest BCUT2D eigenvalue weighted by Gasteiger charge is 1.89. The molecule has 0 unspecified atom stereocenters. The Morgan fingerprint density at radius 2 is 2.50 bits per heavy atom. The maximum absolute atomic E-state index is 3.85. The molecule has 0 saturated heterocycles. The first-order valence-corrected chi connectivity index (χ1v) is 2.95. The SMILES string of the molecule is Cc1[c]ncnc1Br. The van der Waals surface area contributed by atoms with Crippen LogP contribution in [-0.4, -0.2) is 9.97 Å². The summed E-state index contributed by atoms with van der Waals surface area (Å²) in [5, 5.41) is 0. The molecule has 1 aromatic heterocycles. The Balaban J connectivity index is 3.13. The number of hydrogen-bond donors (Lipinski definition) is 0. The molecule has 0 atom stereocenters. The van der Waals surface area contributed by atoms with Crippen LogP contribution in [0.3, 0.4) is 0 Å². The summed E-state index contributed by atoms with van der Waals surface area (Å²) in [4.78, 5) is 7.53. The van der Waals surface area contributed by atoms with E-state index in [-0.39, 0.29) is 0 Å². The van der Waals surface area contributed by atoms with E-state index in [4.69, 9.17) is 0 Å². The van der Waals surface area contributed by atoms with Gasteiger partial charge in [0.15, 0.2) is 0 Å². The highest BCUT2D eigenvalue weighted by Crippen LogP contribution is 2.07. The maximum Gasteiger partial charge on any atom is 0.117 e. The van der Waals surface area contributed by atoms with E-state index in [1.54, 1.807) is 0 Å². The van der Waals surface area contributed by atoms with Gasteiger partial charge in [0.25, 0.3) is 0 Å². The van der Waals surface area contributed by atoms with Crippen molar-refractivity contribution in [2.24, 2.45) is 0 Å². The first-order valence-electron chi connectivity index (χ1n) is 2.15. The van der Waals surface area contributed by atoms with Crippen molar-refractivity contribution < 1.29 is 0 Å². The second-order valence-corrected chi connectivity index (χ2v) is 2.15. The maximum atomic E-state index is 3.85. The Kier molecular flexibility index (Phi) is 1.58. The molecule has 0 fully saturated rings. The zero-order valence-corrected chi connectivity index (χ0v) is 5.94. The molecule has 2 nitrogen and oxygen atoms in total. The summed E-state index contributed by atoms with van der Waals surface area (Å²) in [6.07, 6.45) is 4.20. The zero-order valence-electron chi connectivity index (χ0n) is 4.35. The minimum absolute atomic E-state index is 0.813. The molecule has 0 bridgehead atoms. The standard InChI is InChI=1S/C5H4BrN2/c1-4-2-7-3-8-5(4)6/h3H,1H3. The van der Waals surface area contributed by atoms with E-state index in [1.807, 2.05) is 6.92 Å². The van der Waals surface area contributed by atoms with E-state index in [2.05, 4.69) is 32.1 Å². The van der Waals surface area contributed by atoms with Gasteiger partial charge in [-0.3, -0.25) is 0 Å². The van der Waals surface area contributed by atoms with Crippen molar-refractivity contribution in [3.63, 3.8) is 0 Å². The molecule has 0 aliphatic heterocycles. The van der Waals surface area contributed by atoms with Crippen molar-refractivity contribution >= 4 is 15.9 Å². The predicted molar refractivity (Wildman–Crippen MR) is 33.3 cm³/mol. The fourth-order valence-electron chi connectivity index (χ4n) is 0.348. The molecule has 1 rings (SSSR count). The quantitative estimate of drug-likeness (QED) is 0.552. The summed E-state index contributed by atoms with van der Waals surface area (Å²) in [6.45, 7) is 1.89. The smallest absolute Gasteiger partial charge is 0.117 e. The van der Waals surface area contributed by atoms with E-state index in [1.165, 1.54) is 6.33 Å². The fourth-order valence-corrected chi connectivity index (χ4v) is 0.528. The number of aryl methyl sites for hydroxylation is 1. The lowest BCUT2D eigenvalue weighted by Gasteiger charge is -1.88. The molecule has 1 heterocycles. The average molecular weight is 172 g/mol. The lowest BCUT2D eigenvalue weighted by molar-refractivity contribution is 1.09. The summed E-state index contributed by atoms with van der Waals surface area (Å²) in [6, 6.07) is 0. The highest BCUT2D eigenvalue weighted by molar-refractivity contribution is 9.10. The number of rotatable bonds is 0. The van der Waals surface area contributed by atoms with Crippen LogP contribution >= 0.6 is 15.9 Å². The molecule has 0 aromatic carbocycles. The molecule has 41 valence electrons. The largest absolute Gasteiger partial charge is 0.234 e. The van der Waals surface area contributed by atoms with Gasteiger partial charge in [-0.1, -0.05) is 0 Å². The first kappa shape index (κ1) is 5.69. The Bertz CT molecular complexity index is 167. The summed E-state index contributed by atoms with van der Waals surface area (Å²) in [7, 11) is 0. The van der Waals surface area contributed by atoms with Gasteiger partial charge in [-0.05, 0) is 22.9 Å². The predicted octanol–water partition coefficient (Wildman–Crippen LogP) is 1.35. The highest BCUT2D eigenvalue weighted by atomic mass is 79.9. The minimum atomic E-state index is 0.813. The van der Waals surface area contributed by atoms with Crippen molar-refractivity contribution in [2.75, 3.05) is 0 Å². The van der Waals surface area contributed by atoms with Crippen molar-refractivity contribution in [3.05, 3.63) is 22.7 Å². The van der Waals surface area contributed by atoms with Crippen LogP contribution in [0.2, 0.25) is 0 Å². The topological polar surface area (TPSA) is 25.8 Å². The van der Waals surface area contributed by atoms with Gasteiger partial charge in [0.05, 0.1) is 6.20 Å². The molecule has 1 aromatic rings. The molecule has 0 spiro atoms. The molecule has 0 aliphatic rings. The third-order valence-electron chi connectivity index (χ3n) is 0.771. The van der Waals surface area contributed by atoms with Gasteiger partial charge in [-0.25, -0.2) is 9.97 Å². The fraction of sp³-hybridized carbons (Fsp3) is 0.200. The number of nitrogens with zero attached hydrogens (tertiary/aromatic N) is 2. The van der Waals surface area contributed by atoms with Crippen LogP contribution in [0.5, 0.6) is 0 Å². The second-order valence-electron chi connectivity index (χ2n) is 1.40. The Hall–Kier alpha value is -0.440. The van der Waals surface area contributed by atoms with Crippen molar-refractivity contribution in [1.82, 2.24) is 9.97 Å². The van der Waals surface area contributed by atoms with Gasteiger partial charge in [0, 0.05) is 5.56 Å². The Labute approximate surface area is 56.1 Å².